The van der Waals surface area contributed by atoms with Crippen molar-refractivity contribution in [3.63, 3.8) is 0 Å². The van der Waals surface area contributed by atoms with Gasteiger partial charge in [0.15, 0.2) is 0 Å². The van der Waals surface area contributed by atoms with Crippen LogP contribution in [0.25, 0.3) is 0 Å². The molecular formula is C14H17N3OS. The molecule has 2 aromatic rings. The van der Waals surface area contributed by atoms with E-state index in [4.69, 9.17) is 0 Å². The summed E-state index contributed by atoms with van der Waals surface area (Å²) < 4.78 is 1.88. The molecule has 0 saturated carbocycles. The number of aryl methyl sites for hydroxylation is 1. The number of piperidine rings is 1. The maximum Gasteiger partial charge on any atom is 0.255 e. The van der Waals surface area contributed by atoms with E-state index in [1.54, 1.807) is 17.5 Å². The molecule has 5 heteroatoms. The minimum Gasteiger partial charge on any atom is -0.330 e. The van der Waals surface area contributed by atoms with Crippen LogP contribution in [0.4, 0.5) is 0 Å². The molecule has 0 bridgehead atoms. The van der Waals surface area contributed by atoms with Crippen molar-refractivity contribution >= 4 is 17.2 Å². The zero-order valence-electron chi connectivity index (χ0n) is 11.0. The summed E-state index contributed by atoms with van der Waals surface area (Å²) >= 11 is 1.57. The number of likely N-dealkylation sites (tertiary alicyclic amines) is 1. The van der Waals surface area contributed by atoms with Gasteiger partial charge in [-0.2, -0.15) is 16.4 Å². The van der Waals surface area contributed by atoms with Crippen LogP contribution in [0.5, 0.6) is 0 Å². The third-order valence-corrected chi connectivity index (χ3v) is 4.42. The third kappa shape index (κ3) is 2.30. The molecule has 0 aromatic carbocycles. The molecule has 0 spiro atoms. The molecule has 0 N–H and O–H groups in total. The summed E-state index contributed by atoms with van der Waals surface area (Å²) in [4.78, 5) is 14.6. The highest BCUT2D eigenvalue weighted by molar-refractivity contribution is 7.08. The van der Waals surface area contributed by atoms with Gasteiger partial charge < -0.3 is 4.90 Å². The fraction of sp³-hybridized carbons (Fsp3) is 0.429. The predicted octanol–water partition coefficient (Wildman–Crippen LogP) is 2.85. The fourth-order valence-corrected chi connectivity index (χ4v) is 3.37. The van der Waals surface area contributed by atoms with Gasteiger partial charge in [0.2, 0.25) is 0 Å². The molecule has 100 valence electrons. The van der Waals surface area contributed by atoms with Gasteiger partial charge in [-0.25, -0.2) is 0 Å². The molecule has 3 heterocycles. The Morgan fingerprint density at radius 1 is 1.42 bits per heavy atom. The molecule has 19 heavy (non-hydrogen) atoms. The summed E-state index contributed by atoms with van der Waals surface area (Å²) in [6.07, 6.45) is 5.08. The van der Waals surface area contributed by atoms with E-state index >= 15 is 0 Å². The molecule has 4 nitrogen and oxygen atoms in total. The van der Waals surface area contributed by atoms with Crippen molar-refractivity contribution in [2.75, 3.05) is 6.54 Å². The smallest absolute Gasteiger partial charge is 0.255 e. The Kier molecular flexibility index (Phi) is 3.38. The zero-order chi connectivity index (χ0) is 13.2. The van der Waals surface area contributed by atoms with Crippen LogP contribution in [-0.4, -0.2) is 27.1 Å². The van der Waals surface area contributed by atoms with Gasteiger partial charge in [0.05, 0.1) is 17.3 Å². The Balaban J connectivity index is 1.90. The van der Waals surface area contributed by atoms with Gasteiger partial charge in [-0.05, 0) is 36.8 Å². The van der Waals surface area contributed by atoms with Gasteiger partial charge in [0.1, 0.15) is 0 Å². The van der Waals surface area contributed by atoms with Gasteiger partial charge in [0, 0.05) is 25.2 Å². The number of amides is 1. The molecule has 1 aliphatic rings. The number of carbonyl (C=O) groups excluding carboxylic acids is 1. The van der Waals surface area contributed by atoms with Crippen LogP contribution in [0, 0.1) is 0 Å². The van der Waals surface area contributed by atoms with Crippen LogP contribution < -0.4 is 0 Å². The number of aromatic nitrogens is 2. The van der Waals surface area contributed by atoms with Crippen LogP contribution >= 0.6 is 11.3 Å². The van der Waals surface area contributed by atoms with Crippen LogP contribution in [0.1, 0.15) is 41.4 Å². The Bertz CT molecular complexity index is 561. The normalized spacial score (nSPS) is 19.6. The first-order valence-electron chi connectivity index (χ1n) is 6.58. The van der Waals surface area contributed by atoms with Gasteiger partial charge in [-0.15, -0.1) is 0 Å². The monoisotopic (exact) mass is 275 g/mol. The summed E-state index contributed by atoms with van der Waals surface area (Å²) in [6, 6.07) is 4.08. The summed E-state index contributed by atoms with van der Waals surface area (Å²) in [7, 11) is 1.94. The third-order valence-electron chi connectivity index (χ3n) is 3.73. The average Bonchev–Trinajstić information content (AvgIpc) is 3.09. The molecule has 1 unspecified atom stereocenters. The van der Waals surface area contributed by atoms with Crippen molar-refractivity contribution in [3.05, 3.63) is 40.3 Å². The van der Waals surface area contributed by atoms with E-state index < -0.39 is 0 Å². The molecule has 3 rings (SSSR count). The zero-order valence-corrected chi connectivity index (χ0v) is 11.8. The number of rotatable bonds is 2. The van der Waals surface area contributed by atoms with Crippen molar-refractivity contribution in [2.24, 2.45) is 7.05 Å². The number of nitrogens with zero attached hydrogens (tertiary/aromatic N) is 3. The summed E-state index contributed by atoms with van der Waals surface area (Å²) in [5, 5.41) is 8.11. The van der Waals surface area contributed by atoms with Crippen molar-refractivity contribution < 1.29 is 4.79 Å². The van der Waals surface area contributed by atoms with Crippen LogP contribution in [0.2, 0.25) is 0 Å². The van der Waals surface area contributed by atoms with Gasteiger partial charge in [-0.1, -0.05) is 0 Å². The molecule has 1 atom stereocenters. The quantitative estimate of drug-likeness (QED) is 0.845. The van der Waals surface area contributed by atoms with Gasteiger partial charge in [-0.3, -0.25) is 9.48 Å². The lowest BCUT2D eigenvalue weighted by Gasteiger charge is -2.35. The second-order valence-corrected chi connectivity index (χ2v) is 5.68. The lowest BCUT2D eigenvalue weighted by Crippen LogP contribution is -2.39. The molecule has 1 amide bonds. The van der Waals surface area contributed by atoms with Crippen LogP contribution in [0.15, 0.2) is 29.1 Å². The van der Waals surface area contributed by atoms with Gasteiger partial charge >= 0.3 is 0 Å². The first-order valence-corrected chi connectivity index (χ1v) is 7.53. The number of thiophene rings is 1. The summed E-state index contributed by atoms with van der Waals surface area (Å²) in [6.45, 7) is 0.838. The lowest BCUT2D eigenvalue weighted by atomic mass is 9.98. The average molecular weight is 275 g/mol. The van der Waals surface area contributed by atoms with Crippen molar-refractivity contribution in [1.29, 1.82) is 0 Å². The second kappa shape index (κ2) is 5.17. The van der Waals surface area contributed by atoms with E-state index in [0.717, 1.165) is 30.6 Å². The summed E-state index contributed by atoms with van der Waals surface area (Å²) in [5.74, 6) is 0.146. The molecule has 0 aliphatic carbocycles. The highest BCUT2D eigenvalue weighted by Crippen LogP contribution is 2.31. The first-order chi connectivity index (χ1) is 9.27. The van der Waals surface area contributed by atoms with Crippen molar-refractivity contribution in [3.8, 4) is 0 Å². The lowest BCUT2D eigenvalue weighted by molar-refractivity contribution is 0.0602. The number of hydrogen-bond donors (Lipinski definition) is 0. The second-order valence-electron chi connectivity index (χ2n) is 4.90. The van der Waals surface area contributed by atoms with E-state index in [1.165, 1.54) is 6.42 Å². The minimum absolute atomic E-state index is 0.146. The Labute approximate surface area is 116 Å². The fourth-order valence-electron chi connectivity index (χ4n) is 2.75. The van der Waals surface area contributed by atoms with Crippen molar-refractivity contribution in [2.45, 2.75) is 25.3 Å². The molecule has 2 aromatic heterocycles. The molecular weight excluding hydrogens is 258 g/mol. The SMILES string of the molecule is Cn1nccc1C1CCCCN1C(=O)c1ccsc1. The Hall–Kier alpha value is -1.62. The molecule has 1 aliphatic heterocycles. The standard InChI is InChI=1S/C14H17N3OS/c1-16-12(5-7-15-16)13-4-2-3-8-17(13)14(18)11-6-9-19-10-11/h5-7,9-10,13H,2-4,8H2,1H3. The van der Waals surface area contributed by atoms with Crippen molar-refractivity contribution in [1.82, 2.24) is 14.7 Å². The highest BCUT2D eigenvalue weighted by Gasteiger charge is 2.30. The van der Waals surface area contributed by atoms with E-state index in [2.05, 4.69) is 5.10 Å². The van der Waals surface area contributed by atoms with Gasteiger partial charge in [0.25, 0.3) is 5.91 Å². The number of hydrogen-bond acceptors (Lipinski definition) is 3. The Morgan fingerprint density at radius 3 is 3.00 bits per heavy atom. The largest absolute Gasteiger partial charge is 0.330 e. The van der Waals surface area contributed by atoms with E-state index in [-0.39, 0.29) is 11.9 Å². The predicted molar refractivity (Wildman–Crippen MR) is 75.2 cm³/mol. The topological polar surface area (TPSA) is 38.1 Å². The number of carbonyl (C=O) groups is 1. The van der Waals surface area contributed by atoms with Crippen LogP contribution in [0.3, 0.4) is 0 Å². The Morgan fingerprint density at radius 2 is 2.32 bits per heavy atom. The first kappa shape index (κ1) is 12.4. The molecule has 1 saturated heterocycles. The van der Waals surface area contributed by atoms with E-state index in [9.17, 15) is 4.79 Å². The summed E-state index contributed by atoms with van der Waals surface area (Å²) in [5.41, 5.74) is 1.93. The van der Waals surface area contributed by atoms with Crippen LogP contribution in [-0.2, 0) is 7.05 Å². The minimum atomic E-state index is 0.146. The van der Waals surface area contributed by atoms with E-state index in [0.29, 0.717) is 0 Å². The molecule has 1 fully saturated rings. The maximum atomic E-state index is 12.6. The highest BCUT2D eigenvalue weighted by atomic mass is 32.1. The molecule has 0 radical (unpaired) electrons. The van der Waals surface area contributed by atoms with E-state index in [1.807, 2.05) is 39.5 Å². The maximum absolute atomic E-state index is 12.6.